The molecule has 3 N–H and O–H groups in total. The number of aliphatic carboxylic acids is 1. The predicted octanol–water partition coefficient (Wildman–Crippen LogP) is 5.69. The van der Waals surface area contributed by atoms with E-state index >= 15 is 0 Å². The van der Waals surface area contributed by atoms with Gasteiger partial charge in [0.1, 0.15) is 35.9 Å². The highest BCUT2D eigenvalue weighted by Gasteiger charge is 2.20. The summed E-state index contributed by atoms with van der Waals surface area (Å²) in [6.07, 6.45) is 9.68. The summed E-state index contributed by atoms with van der Waals surface area (Å²) in [6.45, 7) is 3.17. The number of carboxylic acids is 1. The van der Waals surface area contributed by atoms with E-state index in [-0.39, 0.29) is 0 Å². The largest absolute Gasteiger partial charge is 0.491 e. The molecule has 0 fully saturated rings. The number of rotatable bonds is 16. The molecule has 230 valence electrons. The van der Waals surface area contributed by atoms with Gasteiger partial charge >= 0.3 is 5.97 Å². The second kappa shape index (κ2) is 15.8. The zero-order valence-electron chi connectivity index (χ0n) is 24.8. The van der Waals surface area contributed by atoms with Crippen LogP contribution in [0.3, 0.4) is 0 Å². The monoisotopic (exact) mass is 598 g/mol. The van der Waals surface area contributed by atoms with E-state index in [1.807, 2.05) is 36.4 Å². The number of nitrogens with one attached hydrogen (secondary N) is 2. The van der Waals surface area contributed by atoms with E-state index in [9.17, 15) is 14.3 Å². The van der Waals surface area contributed by atoms with Gasteiger partial charge < -0.3 is 20.5 Å². The topological polar surface area (TPSA) is 112 Å². The maximum Gasteiger partial charge on any atom is 0.326 e. The summed E-state index contributed by atoms with van der Waals surface area (Å²) >= 11 is 0. The normalized spacial score (nSPS) is 13.1. The number of ether oxygens (including phenoxy) is 1. The number of pyridine rings is 3. The highest BCUT2D eigenvalue weighted by Crippen LogP contribution is 2.21. The first kappa shape index (κ1) is 30.9. The number of carbonyl (C=O) groups is 1. The van der Waals surface area contributed by atoms with E-state index in [0.717, 1.165) is 74.0 Å². The van der Waals surface area contributed by atoms with E-state index in [4.69, 9.17) is 9.72 Å². The Balaban J connectivity index is 1.15. The van der Waals surface area contributed by atoms with Crippen LogP contribution in [0.25, 0.3) is 11.1 Å². The van der Waals surface area contributed by atoms with Gasteiger partial charge in [-0.05, 0) is 74.4 Å². The minimum Gasteiger partial charge on any atom is -0.491 e. The molecule has 1 atom stereocenters. The Morgan fingerprint density at radius 2 is 1.91 bits per heavy atom. The van der Waals surface area contributed by atoms with E-state index in [2.05, 4.69) is 37.6 Å². The van der Waals surface area contributed by atoms with Crippen molar-refractivity contribution in [1.29, 1.82) is 0 Å². The van der Waals surface area contributed by atoms with Crippen LogP contribution in [0.2, 0.25) is 0 Å². The number of hydrogen-bond acceptors (Lipinski definition) is 8. The van der Waals surface area contributed by atoms with Crippen LogP contribution in [0.1, 0.15) is 36.9 Å². The van der Waals surface area contributed by atoms with Crippen molar-refractivity contribution >= 4 is 17.6 Å². The summed E-state index contributed by atoms with van der Waals surface area (Å²) in [4.78, 5) is 27.5. The van der Waals surface area contributed by atoms with E-state index in [1.165, 1.54) is 17.8 Å². The van der Waals surface area contributed by atoms with Gasteiger partial charge in [-0.1, -0.05) is 36.4 Å². The fourth-order valence-corrected chi connectivity index (χ4v) is 5.28. The van der Waals surface area contributed by atoms with Crippen LogP contribution < -0.4 is 15.4 Å². The fraction of sp³-hybridized carbons (Fsp3) is 0.353. The lowest BCUT2D eigenvalue weighted by Crippen LogP contribution is -2.37. The molecular weight excluding hydrogens is 559 g/mol. The molecule has 0 aliphatic carbocycles. The Morgan fingerprint density at radius 1 is 1.02 bits per heavy atom. The minimum atomic E-state index is -0.937. The number of aryl methyl sites for hydroxylation is 2. The third-order valence-electron chi connectivity index (χ3n) is 7.69. The van der Waals surface area contributed by atoms with E-state index < -0.39 is 17.8 Å². The molecule has 0 amide bonds. The molecule has 1 aliphatic rings. The maximum atomic E-state index is 13.5. The van der Waals surface area contributed by atoms with Crippen LogP contribution in [-0.4, -0.2) is 69.8 Å². The lowest BCUT2D eigenvalue weighted by molar-refractivity contribution is -0.138. The van der Waals surface area contributed by atoms with Crippen LogP contribution in [0, 0.1) is 5.82 Å². The highest BCUT2D eigenvalue weighted by molar-refractivity contribution is 5.77. The number of nitrogens with zero attached hydrogens (tertiary/aromatic N) is 4. The molecule has 0 saturated carbocycles. The molecular formula is C34H39FN6O3. The molecule has 0 bridgehead atoms. The van der Waals surface area contributed by atoms with Crippen molar-refractivity contribution in [2.75, 3.05) is 43.4 Å². The molecule has 4 heterocycles. The molecule has 3 aromatic heterocycles. The van der Waals surface area contributed by atoms with E-state index in [1.54, 1.807) is 12.3 Å². The molecule has 44 heavy (non-hydrogen) atoms. The van der Waals surface area contributed by atoms with Gasteiger partial charge in [0.2, 0.25) is 0 Å². The zero-order chi connectivity index (χ0) is 30.6. The van der Waals surface area contributed by atoms with Crippen LogP contribution in [-0.2, 0) is 17.6 Å². The molecule has 9 nitrogen and oxygen atoms in total. The first-order valence-electron chi connectivity index (χ1n) is 15.2. The van der Waals surface area contributed by atoms with Gasteiger partial charge in [-0.15, -0.1) is 0 Å². The van der Waals surface area contributed by atoms with Crippen LogP contribution >= 0.6 is 0 Å². The third-order valence-corrected chi connectivity index (χ3v) is 7.69. The summed E-state index contributed by atoms with van der Waals surface area (Å²) in [5.74, 6) is 0.500. The molecule has 0 saturated heterocycles. The predicted molar refractivity (Wildman–Crippen MR) is 169 cm³/mol. The van der Waals surface area contributed by atoms with Crippen LogP contribution in [0.15, 0.2) is 79.3 Å². The quantitative estimate of drug-likeness (QED) is 0.140. The van der Waals surface area contributed by atoms with Gasteiger partial charge in [0.05, 0.1) is 12.4 Å². The summed E-state index contributed by atoms with van der Waals surface area (Å²) in [5.41, 5.74) is 4.37. The number of hydrogen-bond donors (Lipinski definition) is 3. The average molecular weight is 599 g/mol. The summed E-state index contributed by atoms with van der Waals surface area (Å²) in [5, 5.41) is 16.4. The molecule has 1 unspecified atom stereocenters. The van der Waals surface area contributed by atoms with Gasteiger partial charge in [-0.3, -0.25) is 9.88 Å². The second-order valence-electron chi connectivity index (χ2n) is 10.9. The van der Waals surface area contributed by atoms with Crippen molar-refractivity contribution in [2.45, 2.75) is 44.6 Å². The molecule has 0 spiro atoms. The molecule has 0 radical (unpaired) electrons. The Kier molecular flexibility index (Phi) is 11.1. The Bertz CT molecular complexity index is 1490. The average Bonchev–Trinajstić information content (AvgIpc) is 3.05. The maximum absolute atomic E-state index is 13.5. The number of unbranched alkanes of at least 4 members (excludes halogenated alkanes) is 1. The smallest absolute Gasteiger partial charge is 0.326 e. The number of benzene rings is 1. The first-order valence-corrected chi connectivity index (χ1v) is 15.2. The Hall–Kier alpha value is -4.57. The van der Waals surface area contributed by atoms with E-state index in [0.29, 0.717) is 37.7 Å². The van der Waals surface area contributed by atoms with Crippen molar-refractivity contribution in [2.24, 2.45) is 0 Å². The molecule has 10 heteroatoms. The zero-order valence-corrected chi connectivity index (χ0v) is 24.8. The lowest BCUT2D eigenvalue weighted by Gasteiger charge is -2.24. The van der Waals surface area contributed by atoms with Crippen LogP contribution in [0.5, 0.6) is 5.75 Å². The standard InChI is InChI=1S/C34H39FN6O3/c35-28-21-30(24-36-23-28)44-20-19-41(17-5-4-10-29-13-11-26-9-6-16-37-33(26)39-29)18-15-31(34(42)43)40-32-14-12-27(22-38-32)25-7-2-1-3-8-25/h1-3,7-8,11-14,21-24,31H,4-6,9-10,15-20H2,(H,37,39)(H,38,40)(H,42,43). The van der Waals surface area contributed by atoms with Crippen LogP contribution in [0.4, 0.5) is 16.0 Å². The lowest BCUT2D eigenvalue weighted by atomic mass is 10.1. The first-order chi connectivity index (χ1) is 21.5. The number of fused-ring (bicyclic) bond motifs is 1. The Morgan fingerprint density at radius 3 is 2.70 bits per heavy atom. The number of halogens is 1. The second-order valence-corrected chi connectivity index (χ2v) is 10.9. The summed E-state index contributed by atoms with van der Waals surface area (Å²) in [7, 11) is 0. The van der Waals surface area contributed by atoms with Gasteiger partial charge in [-0.25, -0.2) is 19.2 Å². The van der Waals surface area contributed by atoms with Gasteiger partial charge in [0.15, 0.2) is 0 Å². The van der Waals surface area contributed by atoms with Crippen molar-refractivity contribution in [3.05, 3.63) is 96.3 Å². The Labute approximate surface area is 257 Å². The number of anilines is 2. The van der Waals surface area contributed by atoms with Gasteiger partial charge in [-0.2, -0.15) is 0 Å². The molecule has 4 aromatic rings. The molecule has 5 rings (SSSR count). The van der Waals surface area contributed by atoms with Gasteiger partial charge in [0, 0.05) is 43.2 Å². The van der Waals surface area contributed by atoms with Crippen molar-refractivity contribution in [3.8, 4) is 16.9 Å². The van der Waals surface area contributed by atoms with Crippen molar-refractivity contribution in [1.82, 2.24) is 19.9 Å². The minimum absolute atomic E-state index is 0.330. The summed E-state index contributed by atoms with van der Waals surface area (Å²) < 4.78 is 19.3. The molecule has 1 aliphatic heterocycles. The van der Waals surface area contributed by atoms with Crippen molar-refractivity contribution in [3.63, 3.8) is 0 Å². The SMILES string of the molecule is O=C(O)C(CCN(CCCCc1ccc2c(n1)NCCC2)CCOc1cncc(F)c1)Nc1ccc(-c2ccccc2)cn1. The fourth-order valence-electron chi connectivity index (χ4n) is 5.28. The number of carboxylic acid groups (broad SMARTS) is 1. The van der Waals surface area contributed by atoms with Crippen molar-refractivity contribution < 1.29 is 19.0 Å². The highest BCUT2D eigenvalue weighted by atomic mass is 19.1. The molecule has 1 aromatic carbocycles. The summed E-state index contributed by atoms with van der Waals surface area (Å²) in [6, 6.07) is 18.4. The third kappa shape index (κ3) is 9.21. The van der Waals surface area contributed by atoms with Gasteiger partial charge in [0.25, 0.3) is 0 Å². The number of aromatic nitrogens is 3.